The van der Waals surface area contributed by atoms with Crippen LogP contribution in [-0.4, -0.2) is 25.0 Å². The molecule has 0 aliphatic carbocycles. The van der Waals surface area contributed by atoms with Crippen molar-refractivity contribution in [2.24, 2.45) is 5.73 Å². The largest absolute Gasteiger partial charge is 0.491 e. The number of hydrogen-bond donors (Lipinski definition) is 3. The highest BCUT2D eigenvalue weighted by molar-refractivity contribution is 5.94. The number of methoxy groups -OCH3 is 1. The van der Waals surface area contributed by atoms with Crippen molar-refractivity contribution in [1.82, 2.24) is 5.32 Å². The number of amides is 1. The molecular weight excluding hydrogens is 330 g/mol. The maximum Gasteiger partial charge on any atom is 0.254 e. The number of carbonyl (C=O) groups excluding carboxylic acids is 1. The first-order chi connectivity index (χ1) is 12.4. The molecule has 2 rings (SSSR count). The van der Waals surface area contributed by atoms with Crippen LogP contribution in [0.5, 0.6) is 5.75 Å². The van der Waals surface area contributed by atoms with Crippen LogP contribution in [0.3, 0.4) is 0 Å². The molecule has 0 saturated carbocycles. The molecule has 26 heavy (non-hydrogen) atoms. The van der Waals surface area contributed by atoms with Crippen LogP contribution < -0.4 is 15.8 Å². The van der Waals surface area contributed by atoms with Gasteiger partial charge in [-0.1, -0.05) is 36.4 Å². The van der Waals surface area contributed by atoms with Crippen LogP contribution in [-0.2, 0) is 16.1 Å². The van der Waals surface area contributed by atoms with E-state index in [0.29, 0.717) is 17.9 Å². The lowest BCUT2D eigenvalue weighted by molar-refractivity contribution is -0.131. The molecule has 0 heterocycles. The molecule has 6 heteroatoms. The lowest BCUT2D eigenvalue weighted by Crippen LogP contribution is -2.30. The van der Waals surface area contributed by atoms with E-state index in [1.54, 1.807) is 12.1 Å². The van der Waals surface area contributed by atoms with Gasteiger partial charge in [0.15, 0.2) is 6.10 Å². The molecule has 0 radical (unpaired) electrons. The number of nitrogens with one attached hydrogen (secondary N) is 2. The van der Waals surface area contributed by atoms with E-state index in [-0.39, 0.29) is 17.8 Å². The lowest BCUT2D eigenvalue weighted by Gasteiger charge is -2.17. The Morgan fingerprint density at radius 2 is 1.88 bits per heavy atom. The first-order valence-electron chi connectivity index (χ1n) is 8.41. The van der Waals surface area contributed by atoms with E-state index in [2.05, 4.69) is 5.32 Å². The Morgan fingerprint density at radius 3 is 2.46 bits per heavy atom. The van der Waals surface area contributed by atoms with Crippen molar-refractivity contribution in [2.75, 3.05) is 7.11 Å². The smallest absolute Gasteiger partial charge is 0.254 e. The molecule has 0 saturated heterocycles. The van der Waals surface area contributed by atoms with Crippen molar-refractivity contribution in [3.63, 3.8) is 0 Å². The van der Waals surface area contributed by atoms with Crippen molar-refractivity contribution in [3.8, 4) is 5.75 Å². The molecule has 0 aliphatic rings. The molecule has 1 atom stereocenters. The predicted molar refractivity (Wildman–Crippen MR) is 101 cm³/mol. The van der Waals surface area contributed by atoms with E-state index in [9.17, 15) is 4.79 Å². The Labute approximate surface area is 153 Å². The van der Waals surface area contributed by atoms with Crippen LogP contribution in [0, 0.1) is 5.41 Å². The van der Waals surface area contributed by atoms with Crippen molar-refractivity contribution in [3.05, 3.63) is 65.2 Å². The minimum Gasteiger partial charge on any atom is -0.491 e. The van der Waals surface area contributed by atoms with Gasteiger partial charge in [-0.15, -0.1) is 0 Å². The highest BCUT2D eigenvalue weighted by Crippen LogP contribution is 2.23. The van der Waals surface area contributed by atoms with Gasteiger partial charge in [0, 0.05) is 19.2 Å². The minimum atomic E-state index is -0.720. The molecule has 0 fully saturated rings. The Morgan fingerprint density at radius 1 is 1.19 bits per heavy atom. The molecule has 2 aromatic carbocycles. The maximum absolute atomic E-state index is 12.5. The maximum atomic E-state index is 12.5. The molecule has 6 nitrogen and oxygen atoms in total. The van der Waals surface area contributed by atoms with Gasteiger partial charge in [0.2, 0.25) is 0 Å². The average Bonchev–Trinajstić information content (AvgIpc) is 2.60. The average molecular weight is 355 g/mol. The molecule has 138 valence electrons. The van der Waals surface area contributed by atoms with Gasteiger partial charge < -0.3 is 20.5 Å². The Balaban J connectivity index is 2.03. The van der Waals surface area contributed by atoms with Gasteiger partial charge in [0.25, 0.3) is 5.91 Å². The number of carbonyl (C=O) groups is 1. The fourth-order valence-corrected chi connectivity index (χ4v) is 2.50. The summed E-state index contributed by atoms with van der Waals surface area (Å²) in [5.74, 6) is 0.487. The summed E-state index contributed by atoms with van der Waals surface area (Å²) >= 11 is 0. The molecule has 2 aromatic rings. The van der Waals surface area contributed by atoms with E-state index in [0.717, 1.165) is 11.1 Å². The van der Waals surface area contributed by atoms with Gasteiger partial charge in [0.05, 0.1) is 6.10 Å². The summed E-state index contributed by atoms with van der Waals surface area (Å²) in [7, 11) is 1.50. The van der Waals surface area contributed by atoms with Crippen LogP contribution in [0.15, 0.2) is 48.5 Å². The third-order valence-corrected chi connectivity index (χ3v) is 3.74. The fraction of sp³-hybridized carbons (Fsp3) is 0.300. The third-order valence-electron chi connectivity index (χ3n) is 3.74. The molecule has 0 unspecified atom stereocenters. The fourth-order valence-electron chi connectivity index (χ4n) is 2.50. The second kappa shape index (κ2) is 9.01. The van der Waals surface area contributed by atoms with E-state index >= 15 is 0 Å². The van der Waals surface area contributed by atoms with Gasteiger partial charge in [-0.05, 0) is 37.1 Å². The van der Waals surface area contributed by atoms with Gasteiger partial charge in [-0.2, -0.15) is 0 Å². The van der Waals surface area contributed by atoms with E-state index in [4.69, 9.17) is 20.6 Å². The summed E-state index contributed by atoms with van der Waals surface area (Å²) < 4.78 is 11.1. The highest BCUT2D eigenvalue weighted by atomic mass is 16.5. The number of amidine groups is 1. The zero-order chi connectivity index (χ0) is 19.1. The quantitative estimate of drug-likeness (QED) is 0.501. The van der Waals surface area contributed by atoms with Crippen molar-refractivity contribution < 1.29 is 14.3 Å². The summed E-state index contributed by atoms with van der Waals surface area (Å²) in [6.07, 6.45) is -0.666. The number of hydrogen-bond acceptors (Lipinski definition) is 4. The Bertz CT molecular complexity index is 757. The summed E-state index contributed by atoms with van der Waals surface area (Å²) in [5, 5.41) is 10.3. The zero-order valence-electron chi connectivity index (χ0n) is 15.3. The monoisotopic (exact) mass is 355 g/mol. The second-order valence-electron chi connectivity index (χ2n) is 6.18. The molecule has 4 N–H and O–H groups in total. The SMILES string of the molecule is CO[C@H](C(=O)NCc1ccc(C(=N)N)cc1)c1cccc(OC(C)C)c1. The van der Waals surface area contributed by atoms with Gasteiger partial charge in [-0.25, -0.2) is 0 Å². The van der Waals surface area contributed by atoms with Gasteiger partial charge >= 0.3 is 0 Å². The minimum absolute atomic E-state index is 0.0172. The van der Waals surface area contributed by atoms with Gasteiger partial charge in [-0.3, -0.25) is 10.2 Å². The predicted octanol–water partition coefficient (Wildman–Crippen LogP) is 2.76. The van der Waals surface area contributed by atoms with Crippen molar-refractivity contribution >= 4 is 11.7 Å². The molecular formula is C20H25N3O3. The standard InChI is InChI=1S/C20H25N3O3/c1-13(2)26-17-6-4-5-16(11-17)18(25-3)20(24)23-12-14-7-9-15(10-8-14)19(21)22/h4-11,13,18H,12H2,1-3H3,(H3,21,22)(H,23,24)/t18-/m0/s1. The van der Waals surface area contributed by atoms with Crippen LogP contribution in [0.4, 0.5) is 0 Å². The number of rotatable bonds is 8. The van der Waals surface area contributed by atoms with Crippen LogP contribution in [0.2, 0.25) is 0 Å². The first kappa shape index (κ1) is 19.5. The third kappa shape index (κ3) is 5.32. The summed E-state index contributed by atoms with van der Waals surface area (Å²) in [4.78, 5) is 12.5. The number of nitrogens with two attached hydrogens (primary N) is 1. The molecule has 0 bridgehead atoms. The highest BCUT2D eigenvalue weighted by Gasteiger charge is 2.20. The molecule has 1 amide bonds. The molecule has 0 aliphatic heterocycles. The summed E-state index contributed by atoms with van der Waals surface area (Å²) in [6, 6.07) is 14.5. The summed E-state index contributed by atoms with van der Waals surface area (Å²) in [6.45, 7) is 4.26. The number of benzene rings is 2. The zero-order valence-corrected chi connectivity index (χ0v) is 15.3. The Kier molecular flexibility index (Phi) is 6.74. The topological polar surface area (TPSA) is 97.4 Å². The number of nitrogen functional groups attached to an aromatic ring is 1. The molecule has 0 aromatic heterocycles. The number of ether oxygens (including phenoxy) is 2. The van der Waals surface area contributed by atoms with Gasteiger partial charge in [0.1, 0.15) is 11.6 Å². The van der Waals surface area contributed by atoms with E-state index in [1.807, 2.05) is 50.2 Å². The first-order valence-corrected chi connectivity index (χ1v) is 8.41. The lowest BCUT2D eigenvalue weighted by atomic mass is 10.1. The summed E-state index contributed by atoms with van der Waals surface area (Å²) in [5.41, 5.74) is 7.73. The van der Waals surface area contributed by atoms with Crippen molar-refractivity contribution in [2.45, 2.75) is 32.6 Å². The second-order valence-corrected chi connectivity index (χ2v) is 6.18. The van der Waals surface area contributed by atoms with Crippen LogP contribution in [0.25, 0.3) is 0 Å². The Hall–Kier alpha value is -2.86. The van der Waals surface area contributed by atoms with Crippen LogP contribution in [0.1, 0.15) is 36.6 Å². The van der Waals surface area contributed by atoms with E-state index < -0.39 is 6.10 Å². The van der Waals surface area contributed by atoms with Crippen molar-refractivity contribution in [1.29, 1.82) is 5.41 Å². The van der Waals surface area contributed by atoms with Crippen LogP contribution >= 0.6 is 0 Å². The van der Waals surface area contributed by atoms with E-state index in [1.165, 1.54) is 7.11 Å². The molecule has 0 spiro atoms. The normalized spacial score (nSPS) is 11.8.